The first-order valence-corrected chi connectivity index (χ1v) is 4.42. The van der Waals surface area contributed by atoms with Crippen molar-refractivity contribution < 1.29 is 14.1 Å². The van der Waals surface area contributed by atoms with Gasteiger partial charge in [0, 0.05) is 12.1 Å². The molecule has 0 radical (unpaired) electrons. The molecule has 0 heterocycles. The van der Waals surface area contributed by atoms with E-state index < -0.39 is 22.7 Å². The molecule has 86 valence electrons. The summed E-state index contributed by atoms with van der Waals surface area (Å²) in [7, 11) is 0. The summed E-state index contributed by atoms with van der Waals surface area (Å²) in [5.41, 5.74) is 4.71. The molecule has 7 heteroatoms. The third-order valence-corrected chi connectivity index (χ3v) is 1.83. The molecule has 0 saturated carbocycles. The van der Waals surface area contributed by atoms with E-state index in [1.165, 1.54) is 6.92 Å². The molecule has 0 unspecified atom stereocenters. The van der Waals surface area contributed by atoms with Crippen molar-refractivity contribution in [3.05, 3.63) is 34.1 Å². The Morgan fingerprint density at radius 3 is 2.75 bits per heavy atom. The van der Waals surface area contributed by atoms with Gasteiger partial charge >= 0.3 is 0 Å². The maximum Gasteiger partial charge on any atom is 0.271 e. The van der Waals surface area contributed by atoms with Gasteiger partial charge in [-0.2, -0.15) is 0 Å². The molecule has 0 bridgehead atoms. The molecular formula is C9H10FN3O3. The summed E-state index contributed by atoms with van der Waals surface area (Å²) in [5.74, 6) is -1.36. The molecule has 1 aromatic rings. The Bertz CT molecular complexity index is 434. The number of carbonyl (C=O) groups excluding carboxylic acids is 1. The Balaban J connectivity index is 2.99. The van der Waals surface area contributed by atoms with E-state index in [0.29, 0.717) is 0 Å². The minimum Gasteiger partial charge on any atom is -0.322 e. The van der Waals surface area contributed by atoms with Gasteiger partial charge in [-0.05, 0) is 13.0 Å². The molecule has 0 aliphatic carbocycles. The second kappa shape index (κ2) is 4.67. The zero-order chi connectivity index (χ0) is 12.3. The van der Waals surface area contributed by atoms with Crippen LogP contribution in [0.5, 0.6) is 0 Å². The lowest BCUT2D eigenvalue weighted by Crippen LogP contribution is -2.32. The second-order valence-electron chi connectivity index (χ2n) is 3.20. The average Bonchev–Trinajstić information content (AvgIpc) is 2.20. The number of nitrogens with two attached hydrogens (primary N) is 1. The maximum absolute atomic E-state index is 13.2. The minimum atomic E-state index is -0.821. The van der Waals surface area contributed by atoms with Crippen LogP contribution in [0, 0.1) is 15.9 Å². The van der Waals surface area contributed by atoms with E-state index >= 15 is 0 Å². The minimum absolute atomic E-state index is 0.253. The fourth-order valence-corrected chi connectivity index (χ4v) is 0.969. The number of nitro benzene ring substituents is 1. The van der Waals surface area contributed by atoms with E-state index in [4.69, 9.17) is 5.73 Å². The summed E-state index contributed by atoms with van der Waals surface area (Å²) in [5, 5.41) is 12.6. The molecule has 0 aliphatic heterocycles. The number of nitro groups is 1. The van der Waals surface area contributed by atoms with Crippen LogP contribution in [-0.4, -0.2) is 16.9 Å². The summed E-state index contributed by atoms with van der Waals surface area (Å²) in [6.45, 7) is 1.42. The third kappa shape index (κ3) is 2.74. The van der Waals surface area contributed by atoms with E-state index in [2.05, 4.69) is 5.32 Å². The normalized spacial score (nSPS) is 11.9. The van der Waals surface area contributed by atoms with Crippen LogP contribution in [0.1, 0.15) is 6.92 Å². The van der Waals surface area contributed by atoms with E-state index in [-0.39, 0.29) is 11.4 Å². The molecule has 0 saturated heterocycles. The summed E-state index contributed by atoms with van der Waals surface area (Å²) < 4.78 is 13.2. The SMILES string of the molecule is C[C@H](N)C(=O)Nc1cc([N+](=O)[O-])ccc1F. The molecule has 0 aromatic heterocycles. The molecule has 6 nitrogen and oxygen atoms in total. The molecule has 16 heavy (non-hydrogen) atoms. The van der Waals surface area contributed by atoms with Gasteiger partial charge in [0.05, 0.1) is 16.7 Å². The van der Waals surface area contributed by atoms with Crippen molar-refractivity contribution >= 4 is 17.3 Å². The highest BCUT2D eigenvalue weighted by molar-refractivity contribution is 5.94. The van der Waals surface area contributed by atoms with Crippen LogP contribution < -0.4 is 11.1 Å². The molecule has 0 aliphatic rings. The number of nitrogens with zero attached hydrogens (tertiary/aromatic N) is 1. The Labute approximate surface area is 90.4 Å². The smallest absolute Gasteiger partial charge is 0.271 e. The number of halogens is 1. The van der Waals surface area contributed by atoms with E-state index in [9.17, 15) is 19.3 Å². The van der Waals surface area contributed by atoms with Crippen molar-refractivity contribution in [2.75, 3.05) is 5.32 Å². The van der Waals surface area contributed by atoms with Crippen LogP contribution in [0.2, 0.25) is 0 Å². The number of benzene rings is 1. The zero-order valence-corrected chi connectivity index (χ0v) is 8.44. The number of non-ortho nitro benzene ring substituents is 1. The van der Waals surface area contributed by atoms with E-state index in [0.717, 1.165) is 18.2 Å². The first kappa shape index (κ1) is 12.1. The van der Waals surface area contributed by atoms with Gasteiger partial charge in [0.2, 0.25) is 5.91 Å². The lowest BCUT2D eigenvalue weighted by molar-refractivity contribution is -0.384. The highest BCUT2D eigenvalue weighted by Crippen LogP contribution is 2.21. The van der Waals surface area contributed by atoms with Gasteiger partial charge in [0.25, 0.3) is 5.69 Å². The standard InChI is InChI=1S/C9H10FN3O3/c1-5(11)9(14)12-8-4-6(13(15)16)2-3-7(8)10/h2-5H,11H2,1H3,(H,12,14)/t5-/m0/s1. The van der Waals surface area contributed by atoms with Gasteiger partial charge < -0.3 is 11.1 Å². The van der Waals surface area contributed by atoms with Crippen molar-refractivity contribution in [1.82, 2.24) is 0 Å². The predicted octanol–water partition coefficient (Wildman–Crippen LogP) is 1.02. The van der Waals surface area contributed by atoms with Crippen molar-refractivity contribution in [3.8, 4) is 0 Å². The summed E-state index contributed by atoms with van der Waals surface area (Å²) in [6.07, 6.45) is 0. The molecular weight excluding hydrogens is 217 g/mol. The number of amides is 1. The van der Waals surface area contributed by atoms with Gasteiger partial charge in [0.1, 0.15) is 5.82 Å². The number of nitrogens with one attached hydrogen (secondary N) is 1. The molecule has 1 atom stereocenters. The van der Waals surface area contributed by atoms with Crippen LogP contribution in [-0.2, 0) is 4.79 Å². The van der Waals surface area contributed by atoms with Gasteiger partial charge in [-0.1, -0.05) is 0 Å². The zero-order valence-electron chi connectivity index (χ0n) is 8.44. The lowest BCUT2D eigenvalue weighted by atomic mass is 10.2. The third-order valence-electron chi connectivity index (χ3n) is 1.83. The van der Waals surface area contributed by atoms with Crippen LogP contribution in [0.25, 0.3) is 0 Å². The van der Waals surface area contributed by atoms with Crippen LogP contribution in [0.15, 0.2) is 18.2 Å². The number of hydrogen-bond donors (Lipinski definition) is 2. The highest BCUT2D eigenvalue weighted by atomic mass is 19.1. The van der Waals surface area contributed by atoms with Gasteiger partial charge in [-0.15, -0.1) is 0 Å². The molecule has 1 rings (SSSR count). The van der Waals surface area contributed by atoms with Crippen molar-refractivity contribution in [2.45, 2.75) is 13.0 Å². The topological polar surface area (TPSA) is 98.3 Å². The van der Waals surface area contributed by atoms with Crippen LogP contribution in [0.4, 0.5) is 15.8 Å². The van der Waals surface area contributed by atoms with Gasteiger partial charge in [-0.3, -0.25) is 14.9 Å². The van der Waals surface area contributed by atoms with Crippen molar-refractivity contribution in [3.63, 3.8) is 0 Å². The molecule has 1 amide bonds. The monoisotopic (exact) mass is 227 g/mol. The van der Waals surface area contributed by atoms with E-state index in [1.54, 1.807) is 0 Å². The first-order valence-electron chi connectivity index (χ1n) is 4.42. The fraction of sp³-hybridized carbons (Fsp3) is 0.222. The molecule has 3 N–H and O–H groups in total. The largest absolute Gasteiger partial charge is 0.322 e. The summed E-state index contributed by atoms with van der Waals surface area (Å²) in [4.78, 5) is 20.9. The van der Waals surface area contributed by atoms with Crippen LogP contribution >= 0.6 is 0 Å². The number of carbonyl (C=O) groups is 1. The van der Waals surface area contributed by atoms with Crippen LogP contribution in [0.3, 0.4) is 0 Å². The van der Waals surface area contributed by atoms with E-state index in [1.807, 2.05) is 0 Å². The average molecular weight is 227 g/mol. The fourth-order valence-electron chi connectivity index (χ4n) is 0.969. The predicted molar refractivity (Wildman–Crippen MR) is 55.3 cm³/mol. The van der Waals surface area contributed by atoms with Crippen molar-refractivity contribution in [1.29, 1.82) is 0 Å². The van der Waals surface area contributed by atoms with Gasteiger partial charge in [-0.25, -0.2) is 4.39 Å². The Morgan fingerprint density at radius 1 is 1.62 bits per heavy atom. The summed E-state index contributed by atoms with van der Waals surface area (Å²) >= 11 is 0. The number of rotatable bonds is 3. The molecule has 0 fully saturated rings. The maximum atomic E-state index is 13.2. The second-order valence-corrected chi connectivity index (χ2v) is 3.20. The Kier molecular flexibility index (Phi) is 3.51. The van der Waals surface area contributed by atoms with Crippen molar-refractivity contribution in [2.24, 2.45) is 5.73 Å². The lowest BCUT2D eigenvalue weighted by Gasteiger charge is -2.08. The summed E-state index contributed by atoms with van der Waals surface area (Å²) in [6, 6.07) is 2.04. The molecule has 1 aromatic carbocycles. The Morgan fingerprint density at radius 2 is 2.25 bits per heavy atom. The number of hydrogen-bond acceptors (Lipinski definition) is 4. The van der Waals surface area contributed by atoms with Gasteiger partial charge in [0.15, 0.2) is 0 Å². The highest BCUT2D eigenvalue weighted by Gasteiger charge is 2.14. The number of anilines is 1. The first-order chi connectivity index (χ1) is 7.41. The molecule has 0 spiro atoms. The quantitative estimate of drug-likeness (QED) is 0.594. The Hall–Kier alpha value is -2.02.